The Kier molecular flexibility index (Phi) is 5.00. The molecule has 2 aromatic carbocycles. The molecule has 1 amide bonds. The Morgan fingerprint density at radius 2 is 1.57 bits per heavy atom. The molecule has 0 saturated heterocycles. The third-order valence-electron chi connectivity index (χ3n) is 3.15. The molecular weight excluding hydrogens is 274 g/mol. The predicted octanol–water partition coefficient (Wildman–Crippen LogP) is 2.28. The first-order valence-electron chi connectivity index (χ1n) is 6.57. The normalized spacial score (nSPS) is 10.4. The largest absolute Gasteiger partial charge is 0.352 e. The van der Waals surface area contributed by atoms with E-state index >= 15 is 0 Å². The van der Waals surface area contributed by atoms with E-state index < -0.39 is 17.5 Å². The molecule has 110 valence electrons. The predicted molar refractivity (Wildman–Crippen MR) is 76.2 cm³/mol. The van der Waals surface area contributed by atoms with Crippen LogP contribution in [0, 0.1) is 11.6 Å². The van der Waals surface area contributed by atoms with Crippen molar-refractivity contribution in [3.8, 4) is 0 Å². The van der Waals surface area contributed by atoms with E-state index in [1.807, 2.05) is 24.3 Å². The van der Waals surface area contributed by atoms with Crippen LogP contribution in [-0.2, 0) is 24.3 Å². The van der Waals surface area contributed by atoms with Gasteiger partial charge >= 0.3 is 0 Å². The van der Waals surface area contributed by atoms with Crippen LogP contribution in [0.2, 0.25) is 0 Å². The number of hydrogen-bond acceptors (Lipinski definition) is 2. The molecule has 0 atom stereocenters. The molecule has 0 radical (unpaired) electrons. The molecule has 0 heterocycles. The molecule has 0 saturated carbocycles. The number of carbonyl (C=O) groups is 1. The second-order valence-electron chi connectivity index (χ2n) is 4.67. The van der Waals surface area contributed by atoms with Crippen LogP contribution in [0.5, 0.6) is 0 Å². The molecule has 0 aliphatic heterocycles. The highest BCUT2D eigenvalue weighted by Crippen LogP contribution is 2.12. The molecule has 0 spiro atoms. The van der Waals surface area contributed by atoms with Gasteiger partial charge in [0.2, 0.25) is 5.91 Å². The maximum Gasteiger partial charge on any atom is 0.224 e. The highest BCUT2D eigenvalue weighted by Gasteiger charge is 2.12. The summed E-state index contributed by atoms with van der Waals surface area (Å²) in [5.41, 5.74) is 7.18. The SMILES string of the molecule is NCc1ccc(CNC(=O)Cc2c(F)cccc2F)cc1. The van der Waals surface area contributed by atoms with Crippen LogP contribution < -0.4 is 11.1 Å². The molecule has 2 rings (SSSR count). The number of rotatable bonds is 5. The van der Waals surface area contributed by atoms with Crippen LogP contribution >= 0.6 is 0 Å². The third kappa shape index (κ3) is 4.10. The molecule has 5 heteroatoms. The molecule has 0 aliphatic rings. The average molecular weight is 290 g/mol. The van der Waals surface area contributed by atoms with Crippen LogP contribution in [-0.4, -0.2) is 5.91 Å². The summed E-state index contributed by atoms with van der Waals surface area (Å²) < 4.78 is 26.9. The van der Waals surface area contributed by atoms with Gasteiger partial charge in [-0.2, -0.15) is 0 Å². The maximum absolute atomic E-state index is 13.4. The monoisotopic (exact) mass is 290 g/mol. The Bertz CT molecular complexity index is 606. The van der Waals surface area contributed by atoms with Gasteiger partial charge in [0.15, 0.2) is 0 Å². The van der Waals surface area contributed by atoms with Gasteiger partial charge in [-0.1, -0.05) is 30.3 Å². The first kappa shape index (κ1) is 15.1. The number of halogens is 2. The molecule has 3 nitrogen and oxygen atoms in total. The molecule has 21 heavy (non-hydrogen) atoms. The molecule has 0 aliphatic carbocycles. The van der Waals surface area contributed by atoms with Gasteiger partial charge in [0.05, 0.1) is 6.42 Å². The maximum atomic E-state index is 13.4. The van der Waals surface area contributed by atoms with Crippen molar-refractivity contribution in [3.05, 3.63) is 70.8 Å². The Hall–Kier alpha value is -2.27. The van der Waals surface area contributed by atoms with Crippen molar-refractivity contribution in [1.82, 2.24) is 5.32 Å². The van der Waals surface area contributed by atoms with E-state index in [2.05, 4.69) is 5.32 Å². The molecule has 0 aromatic heterocycles. The summed E-state index contributed by atoms with van der Waals surface area (Å²) in [7, 11) is 0. The fourth-order valence-electron chi connectivity index (χ4n) is 1.92. The minimum absolute atomic E-state index is 0.214. The van der Waals surface area contributed by atoms with Crippen LogP contribution in [0.15, 0.2) is 42.5 Å². The van der Waals surface area contributed by atoms with Crippen molar-refractivity contribution in [3.63, 3.8) is 0 Å². The lowest BCUT2D eigenvalue weighted by Crippen LogP contribution is -2.25. The lowest BCUT2D eigenvalue weighted by Gasteiger charge is -2.07. The zero-order valence-corrected chi connectivity index (χ0v) is 11.4. The van der Waals surface area contributed by atoms with E-state index in [0.29, 0.717) is 13.1 Å². The molecule has 0 unspecified atom stereocenters. The van der Waals surface area contributed by atoms with Crippen LogP contribution in [0.4, 0.5) is 8.78 Å². The topological polar surface area (TPSA) is 55.1 Å². The number of nitrogens with two attached hydrogens (primary N) is 1. The van der Waals surface area contributed by atoms with E-state index in [9.17, 15) is 13.6 Å². The minimum Gasteiger partial charge on any atom is -0.352 e. The van der Waals surface area contributed by atoms with E-state index in [4.69, 9.17) is 5.73 Å². The fourth-order valence-corrected chi connectivity index (χ4v) is 1.92. The molecule has 2 aromatic rings. The van der Waals surface area contributed by atoms with Crippen molar-refractivity contribution < 1.29 is 13.6 Å². The van der Waals surface area contributed by atoms with E-state index in [1.165, 1.54) is 6.07 Å². The van der Waals surface area contributed by atoms with E-state index in [1.54, 1.807) is 0 Å². The summed E-state index contributed by atoms with van der Waals surface area (Å²) in [5.74, 6) is -1.85. The van der Waals surface area contributed by atoms with Crippen molar-refractivity contribution in [2.75, 3.05) is 0 Å². The van der Waals surface area contributed by atoms with Gasteiger partial charge in [-0.25, -0.2) is 8.78 Å². The number of amides is 1. The lowest BCUT2D eigenvalue weighted by molar-refractivity contribution is -0.120. The Labute approximate surface area is 121 Å². The summed E-state index contributed by atoms with van der Waals surface area (Å²) in [4.78, 5) is 11.7. The number of benzene rings is 2. The summed E-state index contributed by atoms with van der Waals surface area (Å²) in [6.45, 7) is 0.763. The second-order valence-corrected chi connectivity index (χ2v) is 4.67. The van der Waals surface area contributed by atoms with Gasteiger partial charge in [0.1, 0.15) is 11.6 Å². The second kappa shape index (κ2) is 6.95. The fraction of sp³-hybridized carbons (Fsp3) is 0.188. The van der Waals surface area contributed by atoms with E-state index in [0.717, 1.165) is 23.3 Å². The smallest absolute Gasteiger partial charge is 0.224 e. The summed E-state index contributed by atoms with van der Waals surface area (Å²) in [6.07, 6.45) is -0.320. The van der Waals surface area contributed by atoms with Gasteiger partial charge in [0, 0.05) is 18.7 Å². The molecular formula is C16H16F2N2O. The van der Waals surface area contributed by atoms with Gasteiger partial charge in [-0.3, -0.25) is 4.79 Å². The van der Waals surface area contributed by atoms with Crippen LogP contribution in [0.1, 0.15) is 16.7 Å². The summed E-state index contributed by atoms with van der Waals surface area (Å²) >= 11 is 0. The summed E-state index contributed by atoms with van der Waals surface area (Å²) in [6, 6.07) is 11.0. The van der Waals surface area contributed by atoms with Gasteiger partial charge in [0.25, 0.3) is 0 Å². The van der Waals surface area contributed by atoms with Crippen molar-refractivity contribution in [2.45, 2.75) is 19.5 Å². The quantitative estimate of drug-likeness (QED) is 0.887. The molecule has 0 fully saturated rings. The highest BCUT2D eigenvalue weighted by atomic mass is 19.1. The first-order chi connectivity index (χ1) is 10.1. The van der Waals surface area contributed by atoms with E-state index in [-0.39, 0.29) is 12.0 Å². The lowest BCUT2D eigenvalue weighted by atomic mass is 10.1. The zero-order chi connectivity index (χ0) is 15.2. The molecule has 3 N–H and O–H groups in total. The standard InChI is InChI=1S/C16H16F2N2O/c17-14-2-1-3-15(18)13(14)8-16(21)20-10-12-6-4-11(9-19)5-7-12/h1-7H,8-10,19H2,(H,20,21). The highest BCUT2D eigenvalue weighted by molar-refractivity contribution is 5.78. The summed E-state index contributed by atoms with van der Waals surface area (Å²) in [5, 5.41) is 2.64. The van der Waals surface area contributed by atoms with Crippen molar-refractivity contribution in [2.24, 2.45) is 5.73 Å². The minimum atomic E-state index is -0.711. The number of hydrogen-bond donors (Lipinski definition) is 2. The first-order valence-corrected chi connectivity index (χ1v) is 6.57. The number of carbonyl (C=O) groups excluding carboxylic acids is 1. The Morgan fingerprint density at radius 3 is 2.14 bits per heavy atom. The van der Waals surface area contributed by atoms with Gasteiger partial charge in [-0.15, -0.1) is 0 Å². The van der Waals surface area contributed by atoms with Gasteiger partial charge < -0.3 is 11.1 Å². The Morgan fingerprint density at radius 1 is 1.00 bits per heavy atom. The number of nitrogens with one attached hydrogen (secondary N) is 1. The van der Waals surface area contributed by atoms with Gasteiger partial charge in [-0.05, 0) is 23.3 Å². The van der Waals surface area contributed by atoms with Crippen molar-refractivity contribution in [1.29, 1.82) is 0 Å². The van der Waals surface area contributed by atoms with Crippen LogP contribution in [0.25, 0.3) is 0 Å². The third-order valence-corrected chi connectivity index (χ3v) is 3.15. The Balaban J connectivity index is 1.92. The zero-order valence-electron chi connectivity index (χ0n) is 11.4. The van der Waals surface area contributed by atoms with Crippen molar-refractivity contribution >= 4 is 5.91 Å². The molecule has 0 bridgehead atoms. The average Bonchev–Trinajstić information content (AvgIpc) is 2.49. The van der Waals surface area contributed by atoms with Crippen LogP contribution in [0.3, 0.4) is 0 Å².